The molecule has 6 nitrogen and oxygen atoms in total. The van der Waals surface area contributed by atoms with Crippen molar-refractivity contribution in [1.82, 2.24) is 24.5 Å². The second kappa shape index (κ2) is 6.31. The molecule has 0 unspecified atom stereocenters. The topological polar surface area (TPSA) is 65.6 Å². The molecule has 2 aromatic carbocycles. The normalized spacial score (nSPS) is 11.1. The van der Waals surface area contributed by atoms with Gasteiger partial charge in [-0.25, -0.2) is 4.98 Å². The van der Waals surface area contributed by atoms with Crippen molar-refractivity contribution in [2.24, 2.45) is 0 Å². The summed E-state index contributed by atoms with van der Waals surface area (Å²) in [5.41, 5.74) is 1.91. The summed E-state index contributed by atoms with van der Waals surface area (Å²) in [5.74, 6) is 0. The number of hydrogen-bond acceptors (Lipinski definition) is 4. The average Bonchev–Trinajstić information content (AvgIpc) is 3.02. The minimum Gasteiger partial charge on any atom is -0.293 e. The molecule has 0 aliphatic rings. The standard InChI is InChI=1S/C17H11Cl2N5O/c18-12-4-1-3-11(7-12)9-23-10-20-16-15(17(23)25)21-22-24(16)14-6-2-5-13(19)8-14/h1-8,10H,9H2. The molecular weight excluding hydrogens is 361 g/mol. The van der Waals surface area contributed by atoms with E-state index in [-0.39, 0.29) is 11.1 Å². The van der Waals surface area contributed by atoms with Crippen LogP contribution in [-0.4, -0.2) is 24.5 Å². The highest BCUT2D eigenvalue weighted by Crippen LogP contribution is 2.17. The third-order valence-corrected chi connectivity index (χ3v) is 4.19. The van der Waals surface area contributed by atoms with E-state index in [1.165, 1.54) is 15.6 Å². The molecule has 0 saturated heterocycles. The predicted molar refractivity (Wildman–Crippen MR) is 96.5 cm³/mol. The molecule has 0 atom stereocenters. The van der Waals surface area contributed by atoms with E-state index >= 15 is 0 Å². The highest BCUT2D eigenvalue weighted by Gasteiger charge is 2.13. The first-order chi connectivity index (χ1) is 12.1. The average molecular weight is 372 g/mol. The Labute approximate surface area is 152 Å². The fourth-order valence-corrected chi connectivity index (χ4v) is 2.97. The van der Waals surface area contributed by atoms with Gasteiger partial charge < -0.3 is 0 Å². The van der Waals surface area contributed by atoms with Crippen LogP contribution in [0.15, 0.2) is 59.7 Å². The van der Waals surface area contributed by atoms with Crippen LogP contribution in [0.4, 0.5) is 0 Å². The van der Waals surface area contributed by atoms with Crippen LogP contribution in [-0.2, 0) is 6.54 Å². The Morgan fingerprint density at radius 2 is 1.76 bits per heavy atom. The lowest BCUT2D eigenvalue weighted by Crippen LogP contribution is -2.21. The van der Waals surface area contributed by atoms with Gasteiger partial charge in [0, 0.05) is 10.0 Å². The zero-order valence-corrected chi connectivity index (χ0v) is 14.3. The number of aromatic nitrogens is 5. The van der Waals surface area contributed by atoms with E-state index in [4.69, 9.17) is 23.2 Å². The van der Waals surface area contributed by atoms with Crippen molar-refractivity contribution in [1.29, 1.82) is 0 Å². The van der Waals surface area contributed by atoms with Crippen molar-refractivity contribution < 1.29 is 0 Å². The van der Waals surface area contributed by atoms with E-state index in [2.05, 4.69) is 15.3 Å². The minimum absolute atomic E-state index is 0.199. The summed E-state index contributed by atoms with van der Waals surface area (Å²) in [6.45, 7) is 0.354. The van der Waals surface area contributed by atoms with E-state index in [0.717, 1.165) is 5.56 Å². The van der Waals surface area contributed by atoms with Crippen molar-refractivity contribution in [3.63, 3.8) is 0 Å². The lowest BCUT2D eigenvalue weighted by atomic mass is 10.2. The Balaban J connectivity index is 1.78. The van der Waals surface area contributed by atoms with Crippen LogP contribution in [0.5, 0.6) is 0 Å². The van der Waals surface area contributed by atoms with Gasteiger partial charge in [0.05, 0.1) is 12.2 Å². The second-order valence-electron chi connectivity index (χ2n) is 5.46. The summed E-state index contributed by atoms with van der Waals surface area (Å²) in [7, 11) is 0. The Kier molecular flexibility index (Phi) is 3.99. The Bertz CT molecular complexity index is 1140. The van der Waals surface area contributed by atoms with E-state index in [0.29, 0.717) is 27.9 Å². The molecule has 4 rings (SSSR count). The molecule has 0 N–H and O–H groups in total. The van der Waals surface area contributed by atoms with Crippen LogP contribution in [0.1, 0.15) is 5.56 Å². The lowest BCUT2D eigenvalue weighted by Gasteiger charge is -2.06. The molecule has 0 bridgehead atoms. The fraction of sp³-hybridized carbons (Fsp3) is 0.0588. The number of hydrogen-bond donors (Lipinski definition) is 0. The predicted octanol–water partition coefficient (Wildman–Crippen LogP) is 3.33. The van der Waals surface area contributed by atoms with E-state index in [1.54, 1.807) is 30.3 Å². The molecular formula is C17H11Cl2N5O. The molecule has 0 spiro atoms. The maximum Gasteiger partial charge on any atom is 0.283 e. The summed E-state index contributed by atoms with van der Waals surface area (Å²) in [6, 6.07) is 14.4. The lowest BCUT2D eigenvalue weighted by molar-refractivity contribution is 0.745. The Hall–Kier alpha value is -2.70. The first-order valence-corrected chi connectivity index (χ1v) is 8.18. The van der Waals surface area contributed by atoms with Crippen molar-refractivity contribution in [2.75, 3.05) is 0 Å². The summed E-state index contributed by atoms with van der Waals surface area (Å²) >= 11 is 12.0. The maximum absolute atomic E-state index is 12.7. The van der Waals surface area contributed by atoms with Crippen molar-refractivity contribution in [2.45, 2.75) is 6.54 Å². The third-order valence-electron chi connectivity index (χ3n) is 3.72. The number of halogens is 2. The van der Waals surface area contributed by atoms with Gasteiger partial charge in [-0.05, 0) is 35.9 Å². The van der Waals surface area contributed by atoms with Crippen LogP contribution in [0, 0.1) is 0 Å². The van der Waals surface area contributed by atoms with Gasteiger partial charge in [-0.3, -0.25) is 9.36 Å². The number of benzene rings is 2. The fourth-order valence-electron chi connectivity index (χ4n) is 2.57. The highest BCUT2D eigenvalue weighted by molar-refractivity contribution is 6.31. The Morgan fingerprint density at radius 3 is 2.52 bits per heavy atom. The first-order valence-electron chi connectivity index (χ1n) is 7.43. The van der Waals surface area contributed by atoms with Gasteiger partial charge in [0.15, 0.2) is 11.2 Å². The van der Waals surface area contributed by atoms with Gasteiger partial charge >= 0.3 is 0 Å². The maximum atomic E-state index is 12.7. The van der Waals surface area contributed by atoms with Crippen molar-refractivity contribution >= 4 is 34.4 Å². The van der Waals surface area contributed by atoms with Crippen LogP contribution < -0.4 is 5.56 Å². The van der Waals surface area contributed by atoms with Gasteiger partial charge in [-0.2, -0.15) is 4.68 Å². The van der Waals surface area contributed by atoms with Gasteiger partial charge in [0.2, 0.25) is 0 Å². The van der Waals surface area contributed by atoms with Gasteiger partial charge in [-0.1, -0.05) is 46.6 Å². The zero-order valence-electron chi connectivity index (χ0n) is 12.8. The van der Waals surface area contributed by atoms with E-state index < -0.39 is 0 Å². The molecule has 0 fully saturated rings. The monoisotopic (exact) mass is 371 g/mol. The molecule has 4 aromatic rings. The SMILES string of the molecule is O=c1c2nnn(-c3cccc(Cl)c3)c2ncn1Cc1cccc(Cl)c1. The molecule has 124 valence electrons. The van der Waals surface area contributed by atoms with Crippen molar-refractivity contribution in [3.05, 3.63) is 80.8 Å². The van der Waals surface area contributed by atoms with Crippen LogP contribution in [0.25, 0.3) is 16.9 Å². The summed E-state index contributed by atoms with van der Waals surface area (Å²) in [5, 5.41) is 9.22. The number of nitrogens with zero attached hydrogens (tertiary/aromatic N) is 5. The van der Waals surface area contributed by atoms with Gasteiger partial charge in [-0.15, -0.1) is 5.10 Å². The quantitative estimate of drug-likeness (QED) is 0.553. The molecule has 0 aliphatic heterocycles. The smallest absolute Gasteiger partial charge is 0.283 e. The first kappa shape index (κ1) is 15.8. The summed E-state index contributed by atoms with van der Waals surface area (Å²) in [4.78, 5) is 17.0. The number of fused-ring (bicyclic) bond motifs is 1. The largest absolute Gasteiger partial charge is 0.293 e. The zero-order chi connectivity index (χ0) is 17.4. The van der Waals surface area contributed by atoms with E-state index in [1.807, 2.05) is 18.2 Å². The molecule has 0 radical (unpaired) electrons. The van der Waals surface area contributed by atoms with Crippen molar-refractivity contribution in [3.8, 4) is 5.69 Å². The van der Waals surface area contributed by atoms with Crippen LogP contribution >= 0.6 is 23.2 Å². The highest BCUT2D eigenvalue weighted by atomic mass is 35.5. The van der Waals surface area contributed by atoms with Gasteiger partial charge in [0.25, 0.3) is 5.56 Å². The molecule has 2 heterocycles. The molecule has 8 heteroatoms. The van der Waals surface area contributed by atoms with Crippen LogP contribution in [0.3, 0.4) is 0 Å². The summed E-state index contributed by atoms with van der Waals surface area (Å²) in [6.07, 6.45) is 1.48. The Morgan fingerprint density at radius 1 is 1.00 bits per heavy atom. The van der Waals surface area contributed by atoms with E-state index in [9.17, 15) is 4.79 Å². The minimum atomic E-state index is -0.266. The summed E-state index contributed by atoms with van der Waals surface area (Å²) < 4.78 is 2.97. The molecule has 0 amide bonds. The number of rotatable bonds is 3. The third kappa shape index (κ3) is 3.01. The second-order valence-corrected chi connectivity index (χ2v) is 6.33. The molecule has 25 heavy (non-hydrogen) atoms. The van der Waals surface area contributed by atoms with Crippen LogP contribution in [0.2, 0.25) is 10.0 Å². The molecule has 0 saturated carbocycles. The molecule has 2 aromatic heterocycles. The van der Waals surface area contributed by atoms with Gasteiger partial charge in [0.1, 0.15) is 6.33 Å². The molecule has 0 aliphatic carbocycles.